The van der Waals surface area contributed by atoms with E-state index in [4.69, 9.17) is 0 Å². The minimum atomic E-state index is -0.379. The van der Waals surface area contributed by atoms with Crippen LogP contribution in [-0.2, 0) is 6.54 Å². The van der Waals surface area contributed by atoms with Gasteiger partial charge in [-0.3, -0.25) is 10.1 Å². The number of aryl methyl sites for hydroxylation is 1. The molecule has 2 rings (SSSR count). The van der Waals surface area contributed by atoms with Crippen molar-refractivity contribution in [2.24, 2.45) is 0 Å². The van der Waals surface area contributed by atoms with E-state index in [-0.39, 0.29) is 10.6 Å². The lowest BCUT2D eigenvalue weighted by atomic mass is 10.1. The molecule has 0 atom stereocenters. The van der Waals surface area contributed by atoms with Crippen molar-refractivity contribution in [3.8, 4) is 0 Å². The van der Waals surface area contributed by atoms with Crippen LogP contribution in [0, 0.1) is 17.0 Å². The highest BCUT2D eigenvalue weighted by Crippen LogP contribution is 2.25. The molecule has 0 aliphatic rings. The second kappa shape index (κ2) is 4.87. The maximum atomic E-state index is 10.9. The Morgan fingerprint density at radius 1 is 1.50 bits per heavy atom. The third-order valence-corrected chi connectivity index (χ3v) is 2.80. The van der Waals surface area contributed by atoms with Crippen LogP contribution in [0.1, 0.15) is 11.4 Å². The van der Waals surface area contributed by atoms with Crippen LogP contribution < -0.4 is 5.32 Å². The van der Waals surface area contributed by atoms with E-state index in [1.807, 2.05) is 23.8 Å². The summed E-state index contributed by atoms with van der Waals surface area (Å²) in [5.41, 5.74) is 1.49. The third-order valence-electron chi connectivity index (χ3n) is 2.80. The summed E-state index contributed by atoms with van der Waals surface area (Å²) in [7, 11) is 1.67. The summed E-state index contributed by atoms with van der Waals surface area (Å²) >= 11 is 0. The first-order valence-corrected chi connectivity index (χ1v) is 5.54. The molecule has 0 bridgehead atoms. The van der Waals surface area contributed by atoms with E-state index in [2.05, 4.69) is 10.3 Å². The van der Waals surface area contributed by atoms with Crippen molar-refractivity contribution in [3.63, 3.8) is 0 Å². The van der Waals surface area contributed by atoms with E-state index in [1.165, 1.54) is 0 Å². The average molecular weight is 246 g/mol. The lowest BCUT2D eigenvalue weighted by Gasteiger charge is -2.07. The molecular weight excluding hydrogens is 232 g/mol. The summed E-state index contributed by atoms with van der Waals surface area (Å²) < 4.78 is 1.94. The van der Waals surface area contributed by atoms with Gasteiger partial charge in [0.15, 0.2) is 0 Å². The van der Waals surface area contributed by atoms with E-state index < -0.39 is 0 Å². The highest BCUT2D eigenvalue weighted by molar-refractivity contribution is 5.62. The number of nitrogens with zero attached hydrogens (tertiary/aromatic N) is 3. The molecule has 2 aromatic rings. The zero-order valence-electron chi connectivity index (χ0n) is 10.3. The second-order valence-corrected chi connectivity index (χ2v) is 3.96. The Kier molecular flexibility index (Phi) is 3.27. The summed E-state index contributed by atoms with van der Waals surface area (Å²) in [5.74, 6) is 0.885. The predicted molar refractivity (Wildman–Crippen MR) is 68.7 cm³/mol. The molecule has 0 saturated carbocycles. The number of aromatic nitrogens is 2. The number of nitro groups is 1. The predicted octanol–water partition coefficient (Wildman–Crippen LogP) is 2.19. The molecular formula is C12H14N4O2. The highest BCUT2D eigenvalue weighted by Gasteiger charge is 2.13. The lowest BCUT2D eigenvalue weighted by Crippen LogP contribution is -2.03. The molecule has 6 nitrogen and oxygen atoms in total. The molecule has 0 unspecified atom stereocenters. The number of imidazole rings is 1. The van der Waals surface area contributed by atoms with Crippen LogP contribution in [0.5, 0.6) is 0 Å². The zero-order chi connectivity index (χ0) is 13.1. The van der Waals surface area contributed by atoms with Gasteiger partial charge >= 0.3 is 0 Å². The van der Waals surface area contributed by atoms with Gasteiger partial charge in [0, 0.05) is 32.1 Å². The maximum Gasteiger partial charge on any atom is 0.292 e. The minimum Gasteiger partial charge on any atom is -0.383 e. The molecule has 1 N–H and O–H groups in total. The molecule has 1 heterocycles. The van der Waals surface area contributed by atoms with Crippen molar-refractivity contribution >= 4 is 11.4 Å². The van der Waals surface area contributed by atoms with E-state index in [9.17, 15) is 10.1 Å². The molecule has 0 fully saturated rings. The van der Waals surface area contributed by atoms with Crippen molar-refractivity contribution in [3.05, 3.63) is 52.1 Å². The van der Waals surface area contributed by atoms with Crippen molar-refractivity contribution in [2.75, 3.05) is 12.4 Å². The van der Waals surface area contributed by atoms with Gasteiger partial charge in [-0.25, -0.2) is 4.98 Å². The zero-order valence-corrected chi connectivity index (χ0v) is 10.3. The van der Waals surface area contributed by atoms with E-state index in [1.54, 1.807) is 25.4 Å². The van der Waals surface area contributed by atoms with Gasteiger partial charge in [0.1, 0.15) is 11.5 Å². The van der Waals surface area contributed by atoms with Crippen molar-refractivity contribution in [1.29, 1.82) is 0 Å². The lowest BCUT2D eigenvalue weighted by molar-refractivity contribution is -0.384. The van der Waals surface area contributed by atoms with Gasteiger partial charge in [0.05, 0.1) is 4.92 Å². The van der Waals surface area contributed by atoms with Gasteiger partial charge in [-0.1, -0.05) is 6.07 Å². The Hall–Kier alpha value is -2.37. The van der Waals surface area contributed by atoms with Crippen LogP contribution in [0.25, 0.3) is 0 Å². The van der Waals surface area contributed by atoms with Crippen LogP contribution in [0.4, 0.5) is 11.4 Å². The molecule has 1 aromatic carbocycles. The largest absolute Gasteiger partial charge is 0.383 e. The molecule has 0 spiro atoms. The third kappa shape index (κ3) is 2.32. The molecule has 1 aromatic heterocycles. The van der Waals surface area contributed by atoms with Crippen LogP contribution in [0.2, 0.25) is 0 Å². The summed E-state index contributed by atoms with van der Waals surface area (Å²) in [5, 5.41) is 13.8. The average Bonchev–Trinajstić information content (AvgIpc) is 2.75. The van der Waals surface area contributed by atoms with Crippen LogP contribution >= 0.6 is 0 Å². The number of anilines is 1. The van der Waals surface area contributed by atoms with Gasteiger partial charge in [-0.05, 0) is 18.6 Å². The van der Waals surface area contributed by atoms with E-state index >= 15 is 0 Å². The smallest absolute Gasteiger partial charge is 0.292 e. The molecule has 0 amide bonds. The van der Waals surface area contributed by atoms with E-state index in [0.717, 1.165) is 11.4 Å². The SMILES string of the molecule is CNc1ccc(Cn2ccnc2C)cc1[N+](=O)[O-]. The minimum absolute atomic E-state index is 0.0905. The first-order valence-electron chi connectivity index (χ1n) is 5.54. The molecule has 18 heavy (non-hydrogen) atoms. The number of nitrogens with one attached hydrogen (secondary N) is 1. The molecule has 0 aliphatic carbocycles. The quantitative estimate of drug-likeness (QED) is 0.663. The summed E-state index contributed by atoms with van der Waals surface area (Å²) in [4.78, 5) is 14.7. The monoisotopic (exact) mass is 246 g/mol. The fourth-order valence-corrected chi connectivity index (χ4v) is 1.81. The topological polar surface area (TPSA) is 73.0 Å². The van der Waals surface area contributed by atoms with Crippen LogP contribution in [0.15, 0.2) is 30.6 Å². The van der Waals surface area contributed by atoms with Gasteiger partial charge in [0.2, 0.25) is 0 Å². The fourth-order valence-electron chi connectivity index (χ4n) is 1.81. The highest BCUT2D eigenvalue weighted by atomic mass is 16.6. The maximum absolute atomic E-state index is 10.9. The van der Waals surface area contributed by atoms with Crippen molar-refractivity contribution in [2.45, 2.75) is 13.5 Å². The summed E-state index contributed by atoms with van der Waals surface area (Å²) in [6.45, 7) is 2.48. The van der Waals surface area contributed by atoms with Gasteiger partial charge in [-0.15, -0.1) is 0 Å². The normalized spacial score (nSPS) is 10.3. The standard InChI is InChI=1S/C12H14N4O2/c1-9-14-5-6-15(9)8-10-3-4-11(13-2)12(7-10)16(17)18/h3-7,13H,8H2,1-2H3. The van der Waals surface area contributed by atoms with Crippen molar-refractivity contribution in [1.82, 2.24) is 9.55 Å². The number of hydrogen-bond donors (Lipinski definition) is 1. The molecule has 0 aliphatic heterocycles. The summed E-state index contributed by atoms with van der Waals surface area (Å²) in [6.07, 6.45) is 3.57. The number of hydrogen-bond acceptors (Lipinski definition) is 4. The molecule has 0 radical (unpaired) electrons. The molecule has 6 heteroatoms. The van der Waals surface area contributed by atoms with Gasteiger partial charge in [0.25, 0.3) is 5.69 Å². The molecule has 0 saturated heterocycles. The van der Waals surface area contributed by atoms with Gasteiger partial charge < -0.3 is 9.88 Å². The Morgan fingerprint density at radius 3 is 2.83 bits per heavy atom. The fraction of sp³-hybridized carbons (Fsp3) is 0.250. The Labute approximate surface area is 104 Å². The van der Waals surface area contributed by atoms with Crippen LogP contribution in [0.3, 0.4) is 0 Å². The summed E-state index contributed by atoms with van der Waals surface area (Å²) in [6, 6.07) is 5.18. The second-order valence-electron chi connectivity index (χ2n) is 3.96. The van der Waals surface area contributed by atoms with Crippen molar-refractivity contribution < 1.29 is 4.92 Å². The Morgan fingerprint density at radius 2 is 2.28 bits per heavy atom. The number of nitro benzene ring substituents is 1. The first kappa shape index (κ1) is 12.1. The Balaban J connectivity index is 2.33. The van der Waals surface area contributed by atoms with Gasteiger partial charge in [-0.2, -0.15) is 0 Å². The van der Waals surface area contributed by atoms with Crippen LogP contribution in [-0.4, -0.2) is 21.5 Å². The number of rotatable bonds is 4. The first-order chi connectivity index (χ1) is 8.61. The van der Waals surface area contributed by atoms with E-state index in [0.29, 0.717) is 12.2 Å². The number of benzene rings is 1. The molecule has 94 valence electrons. The Bertz CT molecular complexity index is 577.